The van der Waals surface area contributed by atoms with Crippen molar-refractivity contribution in [3.63, 3.8) is 0 Å². The molecular weight excluding hydrogens is 474 g/mol. The second kappa shape index (κ2) is 9.26. The zero-order valence-corrected chi connectivity index (χ0v) is 20.1. The van der Waals surface area contributed by atoms with E-state index in [1.807, 2.05) is 24.3 Å². The van der Waals surface area contributed by atoms with Gasteiger partial charge in [-0.15, -0.1) is 0 Å². The molecule has 2 aromatic carbocycles. The minimum absolute atomic E-state index is 0.235. The lowest BCUT2D eigenvalue weighted by molar-refractivity contribution is 0.180. The van der Waals surface area contributed by atoms with Gasteiger partial charge in [-0.25, -0.2) is 13.4 Å². The first kappa shape index (κ1) is 22.7. The molecule has 0 amide bonds. The van der Waals surface area contributed by atoms with Gasteiger partial charge < -0.3 is 4.74 Å². The number of ether oxygens (including phenoxy) is 1. The summed E-state index contributed by atoms with van der Waals surface area (Å²) in [6, 6.07) is 17.5. The van der Waals surface area contributed by atoms with Crippen molar-refractivity contribution in [1.82, 2.24) is 23.8 Å². The number of methoxy groups -OCH3 is 1. The summed E-state index contributed by atoms with van der Waals surface area (Å²) in [5, 5.41) is 5.12. The summed E-state index contributed by atoms with van der Waals surface area (Å²) in [4.78, 5) is 20.3. The molecule has 0 radical (unpaired) electrons. The highest BCUT2D eigenvalue weighted by Gasteiger charge is 2.28. The van der Waals surface area contributed by atoms with Crippen LogP contribution in [0.4, 0.5) is 0 Å². The van der Waals surface area contributed by atoms with Gasteiger partial charge in [0, 0.05) is 44.4 Å². The number of rotatable bonds is 6. The number of hydrogen-bond donors (Lipinski definition) is 0. The average Bonchev–Trinajstić information content (AvgIpc) is 3.30. The van der Waals surface area contributed by atoms with E-state index in [0.29, 0.717) is 53.3 Å². The number of sulfonamides is 1. The van der Waals surface area contributed by atoms with E-state index in [1.54, 1.807) is 37.4 Å². The van der Waals surface area contributed by atoms with E-state index >= 15 is 0 Å². The Labute approximate surface area is 200 Å². The van der Waals surface area contributed by atoms with Crippen LogP contribution in [0.1, 0.15) is 5.69 Å². The smallest absolute Gasteiger partial charge is 0.275 e. The van der Waals surface area contributed by atoms with Crippen molar-refractivity contribution >= 4 is 26.3 Å². The van der Waals surface area contributed by atoms with E-state index in [-0.39, 0.29) is 5.56 Å². The van der Waals surface area contributed by atoms with E-state index in [2.05, 4.69) is 15.0 Å². The van der Waals surface area contributed by atoms with Crippen LogP contribution in [0.25, 0.3) is 15.5 Å². The summed E-state index contributed by atoms with van der Waals surface area (Å²) < 4.78 is 33.7. The summed E-state index contributed by atoms with van der Waals surface area (Å²) in [6.45, 7) is 2.38. The topological polar surface area (TPSA) is 97.1 Å². The van der Waals surface area contributed by atoms with Crippen LogP contribution < -0.4 is 10.3 Å². The second-order valence-electron chi connectivity index (χ2n) is 7.91. The highest BCUT2D eigenvalue weighted by Crippen LogP contribution is 2.26. The monoisotopic (exact) mass is 497 g/mol. The van der Waals surface area contributed by atoms with Gasteiger partial charge in [0.05, 0.1) is 17.7 Å². The van der Waals surface area contributed by atoms with Crippen molar-refractivity contribution in [2.75, 3.05) is 33.3 Å². The molecule has 3 heterocycles. The molecule has 0 N–H and O–H groups in total. The molecule has 0 saturated carbocycles. The van der Waals surface area contributed by atoms with E-state index in [0.717, 1.165) is 11.3 Å². The minimum Gasteiger partial charge on any atom is -0.497 e. The predicted octanol–water partition coefficient (Wildman–Crippen LogP) is 2.33. The number of hydrogen-bond acceptors (Lipinski definition) is 8. The molecule has 0 atom stereocenters. The van der Waals surface area contributed by atoms with E-state index in [1.165, 1.54) is 26.2 Å². The molecule has 0 spiro atoms. The van der Waals surface area contributed by atoms with Crippen LogP contribution in [-0.2, 0) is 16.6 Å². The van der Waals surface area contributed by atoms with Crippen molar-refractivity contribution in [2.24, 2.45) is 0 Å². The largest absolute Gasteiger partial charge is 0.497 e. The Morgan fingerprint density at radius 2 is 1.71 bits per heavy atom. The fourth-order valence-electron chi connectivity index (χ4n) is 3.89. The summed E-state index contributed by atoms with van der Waals surface area (Å²) in [7, 11) is -1.89. The van der Waals surface area contributed by atoms with Gasteiger partial charge in [0.2, 0.25) is 15.0 Å². The number of nitrogens with zero attached hydrogens (tertiary/aromatic N) is 5. The fourth-order valence-corrected chi connectivity index (χ4v) is 6.26. The molecular formula is C23H23N5O4S2. The van der Waals surface area contributed by atoms with Crippen LogP contribution in [0, 0.1) is 0 Å². The molecule has 1 fully saturated rings. The Morgan fingerprint density at radius 3 is 2.38 bits per heavy atom. The average molecular weight is 498 g/mol. The first-order valence-electron chi connectivity index (χ1n) is 10.8. The third kappa shape index (κ3) is 4.47. The van der Waals surface area contributed by atoms with Gasteiger partial charge in [-0.3, -0.25) is 9.69 Å². The third-order valence-electron chi connectivity index (χ3n) is 5.73. The lowest BCUT2D eigenvalue weighted by atomic mass is 10.2. The molecule has 9 nitrogen and oxygen atoms in total. The summed E-state index contributed by atoms with van der Waals surface area (Å²) >= 11 is 1.35. The van der Waals surface area contributed by atoms with Crippen molar-refractivity contribution in [3.8, 4) is 16.3 Å². The maximum atomic E-state index is 12.8. The molecule has 4 aromatic rings. The predicted molar refractivity (Wildman–Crippen MR) is 130 cm³/mol. The highest BCUT2D eigenvalue weighted by molar-refractivity contribution is 7.89. The van der Waals surface area contributed by atoms with Gasteiger partial charge in [0.25, 0.3) is 5.56 Å². The van der Waals surface area contributed by atoms with Gasteiger partial charge in [0.1, 0.15) is 10.8 Å². The van der Waals surface area contributed by atoms with Crippen molar-refractivity contribution in [3.05, 3.63) is 76.7 Å². The van der Waals surface area contributed by atoms with E-state index < -0.39 is 10.0 Å². The van der Waals surface area contributed by atoms with Crippen molar-refractivity contribution in [1.29, 1.82) is 0 Å². The Morgan fingerprint density at radius 1 is 1.00 bits per heavy atom. The SMILES string of the molecule is COc1ccc(-c2nn3c(=O)cc(CN4CCN(S(=O)(=O)c5ccccc5)CC4)nc3s2)cc1. The van der Waals surface area contributed by atoms with E-state index in [9.17, 15) is 13.2 Å². The molecule has 1 aliphatic heterocycles. The number of benzene rings is 2. The van der Waals surface area contributed by atoms with Crippen molar-refractivity contribution in [2.45, 2.75) is 11.4 Å². The second-order valence-corrected chi connectivity index (χ2v) is 10.8. The first-order valence-corrected chi connectivity index (χ1v) is 13.0. The van der Waals surface area contributed by atoms with Gasteiger partial charge in [-0.1, -0.05) is 29.5 Å². The van der Waals surface area contributed by atoms with Gasteiger partial charge >= 0.3 is 0 Å². The Balaban J connectivity index is 1.29. The number of fused-ring (bicyclic) bond motifs is 1. The lowest BCUT2D eigenvalue weighted by Crippen LogP contribution is -2.48. The van der Waals surface area contributed by atoms with Crippen LogP contribution in [0.2, 0.25) is 0 Å². The quantitative estimate of drug-likeness (QED) is 0.403. The van der Waals surface area contributed by atoms with Crippen LogP contribution in [0.5, 0.6) is 5.75 Å². The molecule has 176 valence electrons. The van der Waals surface area contributed by atoms with Crippen LogP contribution in [0.15, 0.2) is 70.4 Å². The Hall–Kier alpha value is -3.12. The van der Waals surface area contributed by atoms with Crippen molar-refractivity contribution < 1.29 is 13.2 Å². The standard InChI is InChI=1S/C23H23N5O4S2/c1-32-19-9-7-17(8-10-19)22-25-28-21(29)15-18(24-23(28)33-22)16-26-11-13-27(14-12-26)34(30,31)20-5-3-2-4-6-20/h2-10,15H,11-14,16H2,1H3. The maximum Gasteiger partial charge on any atom is 0.275 e. The highest BCUT2D eigenvalue weighted by atomic mass is 32.2. The first-order chi connectivity index (χ1) is 16.4. The third-order valence-corrected chi connectivity index (χ3v) is 8.60. The Bertz CT molecular complexity index is 1460. The Kier molecular flexibility index (Phi) is 6.17. The number of piperazine rings is 1. The van der Waals surface area contributed by atoms with Gasteiger partial charge in [0.15, 0.2) is 0 Å². The molecule has 1 aliphatic rings. The molecule has 34 heavy (non-hydrogen) atoms. The molecule has 0 aliphatic carbocycles. The van der Waals surface area contributed by atoms with Crippen LogP contribution in [-0.4, -0.2) is 65.5 Å². The van der Waals surface area contributed by atoms with Gasteiger partial charge in [-0.2, -0.15) is 13.9 Å². The zero-order chi connectivity index (χ0) is 23.7. The van der Waals surface area contributed by atoms with Crippen LogP contribution in [0.3, 0.4) is 0 Å². The van der Waals surface area contributed by atoms with Crippen LogP contribution >= 0.6 is 11.3 Å². The minimum atomic E-state index is -3.50. The molecule has 1 saturated heterocycles. The number of aromatic nitrogens is 3. The molecule has 0 unspecified atom stereocenters. The molecule has 0 bridgehead atoms. The zero-order valence-electron chi connectivity index (χ0n) is 18.5. The summed E-state index contributed by atoms with van der Waals surface area (Å²) in [5.74, 6) is 0.749. The van der Waals surface area contributed by atoms with Gasteiger partial charge in [-0.05, 0) is 36.4 Å². The normalized spacial score (nSPS) is 15.6. The maximum absolute atomic E-state index is 12.8. The fraction of sp³-hybridized carbons (Fsp3) is 0.261. The molecule has 5 rings (SSSR count). The summed E-state index contributed by atoms with van der Waals surface area (Å²) in [5.41, 5.74) is 1.29. The molecule has 11 heteroatoms. The van der Waals surface area contributed by atoms with E-state index in [4.69, 9.17) is 4.74 Å². The summed E-state index contributed by atoms with van der Waals surface area (Å²) in [6.07, 6.45) is 0. The molecule has 2 aromatic heterocycles. The lowest BCUT2D eigenvalue weighted by Gasteiger charge is -2.33.